The SMILES string of the molecule is CCC(NC(=O)Cc1c(SC)c(-c2ccccc2)nc2ccccc12)c1ccccc1. The molecule has 0 aliphatic rings. The van der Waals surface area contributed by atoms with Gasteiger partial charge in [-0.05, 0) is 29.9 Å². The van der Waals surface area contributed by atoms with Crippen LogP contribution in [0.25, 0.3) is 22.2 Å². The van der Waals surface area contributed by atoms with E-state index < -0.39 is 0 Å². The number of nitrogens with one attached hydrogen (secondary N) is 1. The monoisotopic (exact) mass is 426 g/mol. The van der Waals surface area contributed by atoms with Gasteiger partial charge in [-0.25, -0.2) is 4.98 Å². The molecule has 156 valence electrons. The van der Waals surface area contributed by atoms with Gasteiger partial charge in [-0.3, -0.25) is 4.79 Å². The van der Waals surface area contributed by atoms with E-state index in [9.17, 15) is 4.79 Å². The summed E-state index contributed by atoms with van der Waals surface area (Å²) in [6, 6.07) is 28.4. The molecule has 1 amide bonds. The molecule has 0 fully saturated rings. The summed E-state index contributed by atoms with van der Waals surface area (Å²) >= 11 is 1.65. The van der Waals surface area contributed by atoms with Crippen LogP contribution in [0.4, 0.5) is 0 Å². The summed E-state index contributed by atoms with van der Waals surface area (Å²) in [5.74, 6) is 0.0290. The lowest BCUT2D eigenvalue weighted by atomic mass is 10.00. The number of benzene rings is 3. The quantitative estimate of drug-likeness (QED) is 0.346. The molecule has 4 heteroatoms. The van der Waals surface area contributed by atoms with Gasteiger partial charge in [0.25, 0.3) is 0 Å². The van der Waals surface area contributed by atoms with Gasteiger partial charge >= 0.3 is 0 Å². The Labute approximate surface area is 187 Å². The molecule has 0 saturated heterocycles. The van der Waals surface area contributed by atoms with E-state index in [0.29, 0.717) is 6.42 Å². The number of carbonyl (C=O) groups is 1. The summed E-state index contributed by atoms with van der Waals surface area (Å²) in [5.41, 5.74) is 5.09. The molecule has 1 atom stereocenters. The van der Waals surface area contributed by atoms with Crippen molar-refractivity contribution in [1.82, 2.24) is 10.3 Å². The minimum Gasteiger partial charge on any atom is -0.349 e. The Morgan fingerprint density at radius 1 is 0.935 bits per heavy atom. The number of hydrogen-bond acceptors (Lipinski definition) is 3. The molecule has 0 radical (unpaired) electrons. The molecule has 31 heavy (non-hydrogen) atoms. The first-order chi connectivity index (χ1) is 15.2. The minimum absolute atomic E-state index is 0.00752. The van der Waals surface area contributed by atoms with Crippen LogP contribution in [0.15, 0.2) is 89.8 Å². The number of rotatable bonds is 7. The highest BCUT2D eigenvalue weighted by molar-refractivity contribution is 7.98. The number of amides is 1. The number of para-hydroxylation sites is 1. The first-order valence-corrected chi connectivity index (χ1v) is 11.8. The number of carbonyl (C=O) groups excluding carboxylic acids is 1. The fraction of sp³-hybridized carbons (Fsp3) is 0.185. The van der Waals surface area contributed by atoms with Crippen molar-refractivity contribution in [2.45, 2.75) is 30.7 Å². The Balaban J connectivity index is 1.73. The van der Waals surface area contributed by atoms with Crippen molar-refractivity contribution in [3.05, 3.63) is 96.1 Å². The molecule has 1 heterocycles. The average molecular weight is 427 g/mol. The van der Waals surface area contributed by atoms with E-state index in [1.54, 1.807) is 11.8 Å². The number of nitrogens with zero attached hydrogens (tertiary/aromatic N) is 1. The van der Waals surface area contributed by atoms with Gasteiger partial charge in [-0.1, -0.05) is 85.8 Å². The highest BCUT2D eigenvalue weighted by Gasteiger charge is 2.20. The molecule has 4 aromatic rings. The summed E-state index contributed by atoms with van der Waals surface area (Å²) in [6.45, 7) is 2.10. The molecule has 1 aromatic heterocycles. The fourth-order valence-electron chi connectivity index (χ4n) is 3.96. The Kier molecular flexibility index (Phi) is 6.68. The van der Waals surface area contributed by atoms with Crippen LogP contribution in [-0.2, 0) is 11.2 Å². The zero-order valence-corrected chi connectivity index (χ0v) is 18.7. The van der Waals surface area contributed by atoms with E-state index in [0.717, 1.165) is 44.6 Å². The Bertz CT molecular complexity index is 1180. The van der Waals surface area contributed by atoms with Gasteiger partial charge in [0.2, 0.25) is 5.91 Å². The van der Waals surface area contributed by atoms with Gasteiger partial charge in [0.1, 0.15) is 0 Å². The Morgan fingerprint density at radius 2 is 1.58 bits per heavy atom. The summed E-state index contributed by atoms with van der Waals surface area (Å²) in [6.07, 6.45) is 3.22. The molecule has 3 aromatic carbocycles. The first-order valence-electron chi connectivity index (χ1n) is 10.6. The maximum Gasteiger partial charge on any atom is 0.224 e. The number of thioether (sulfide) groups is 1. The van der Waals surface area contributed by atoms with Crippen molar-refractivity contribution in [2.24, 2.45) is 0 Å². The van der Waals surface area contributed by atoms with Crippen LogP contribution in [0.2, 0.25) is 0 Å². The van der Waals surface area contributed by atoms with Gasteiger partial charge < -0.3 is 5.32 Å². The van der Waals surface area contributed by atoms with Gasteiger partial charge in [0.15, 0.2) is 0 Å². The van der Waals surface area contributed by atoms with Crippen LogP contribution in [0.5, 0.6) is 0 Å². The van der Waals surface area contributed by atoms with Crippen molar-refractivity contribution < 1.29 is 4.79 Å². The zero-order chi connectivity index (χ0) is 21.6. The Morgan fingerprint density at radius 3 is 2.26 bits per heavy atom. The van der Waals surface area contributed by atoms with E-state index in [-0.39, 0.29) is 11.9 Å². The van der Waals surface area contributed by atoms with Gasteiger partial charge in [-0.15, -0.1) is 11.8 Å². The number of fused-ring (bicyclic) bond motifs is 1. The van der Waals surface area contributed by atoms with Crippen LogP contribution < -0.4 is 5.32 Å². The summed E-state index contributed by atoms with van der Waals surface area (Å²) < 4.78 is 0. The molecule has 1 N–H and O–H groups in total. The van der Waals surface area contributed by atoms with Crippen molar-refractivity contribution in [3.63, 3.8) is 0 Å². The molecular formula is C27H26N2OS. The van der Waals surface area contributed by atoms with Gasteiger partial charge in [-0.2, -0.15) is 0 Å². The summed E-state index contributed by atoms with van der Waals surface area (Å²) in [5, 5.41) is 4.27. The van der Waals surface area contributed by atoms with E-state index in [2.05, 4.69) is 48.8 Å². The molecule has 0 aliphatic heterocycles. The average Bonchev–Trinajstić information content (AvgIpc) is 2.83. The topological polar surface area (TPSA) is 42.0 Å². The van der Waals surface area contributed by atoms with E-state index in [1.807, 2.05) is 54.6 Å². The molecule has 3 nitrogen and oxygen atoms in total. The summed E-state index contributed by atoms with van der Waals surface area (Å²) in [7, 11) is 0. The highest BCUT2D eigenvalue weighted by atomic mass is 32.2. The van der Waals surface area contributed by atoms with Crippen LogP contribution in [0.3, 0.4) is 0 Å². The van der Waals surface area contributed by atoms with Crippen molar-refractivity contribution in [3.8, 4) is 11.3 Å². The molecule has 0 saturated carbocycles. The lowest BCUT2D eigenvalue weighted by Crippen LogP contribution is -2.29. The molecule has 0 bridgehead atoms. The largest absolute Gasteiger partial charge is 0.349 e. The van der Waals surface area contributed by atoms with Crippen molar-refractivity contribution >= 4 is 28.6 Å². The smallest absolute Gasteiger partial charge is 0.224 e. The third-order valence-corrected chi connectivity index (χ3v) is 6.33. The van der Waals surface area contributed by atoms with Crippen LogP contribution in [0, 0.1) is 0 Å². The van der Waals surface area contributed by atoms with Gasteiger partial charge in [0.05, 0.1) is 23.7 Å². The second-order valence-electron chi connectivity index (χ2n) is 7.47. The first kappa shape index (κ1) is 21.1. The maximum atomic E-state index is 13.2. The zero-order valence-electron chi connectivity index (χ0n) is 17.8. The standard InChI is InChI=1S/C27H26N2OS/c1-3-23(19-12-6-4-7-13-19)28-25(30)18-22-21-16-10-11-17-24(21)29-26(27(22)31-2)20-14-8-5-9-15-20/h4-17,23H,3,18H2,1-2H3,(H,28,30). The number of hydrogen-bond donors (Lipinski definition) is 1. The maximum absolute atomic E-state index is 13.2. The van der Waals surface area contributed by atoms with Crippen LogP contribution in [-0.4, -0.2) is 17.1 Å². The van der Waals surface area contributed by atoms with Gasteiger partial charge in [0, 0.05) is 15.8 Å². The van der Waals surface area contributed by atoms with E-state index >= 15 is 0 Å². The Hall–Kier alpha value is -3.11. The predicted molar refractivity (Wildman–Crippen MR) is 130 cm³/mol. The lowest BCUT2D eigenvalue weighted by Gasteiger charge is -2.19. The minimum atomic E-state index is 0.00752. The summed E-state index contributed by atoms with van der Waals surface area (Å²) in [4.78, 5) is 19.2. The third kappa shape index (κ3) is 4.64. The van der Waals surface area contributed by atoms with Crippen LogP contribution >= 0.6 is 11.8 Å². The second-order valence-corrected chi connectivity index (χ2v) is 8.29. The molecule has 0 spiro atoms. The molecular weight excluding hydrogens is 400 g/mol. The second kappa shape index (κ2) is 9.80. The van der Waals surface area contributed by atoms with Crippen molar-refractivity contribution in [2.75, 3.05) is 6.26 Å². The normalized spacial score (nSPS) is 11.9. The van der Waals surface area contributed by atoms with Crippen molar-refractivity contribution in [1.29, 1.82) is 0 Å². The van der Waals surface area contributed by atoms with E-state index in [4.69, 9.17) is 4.98 Å². The third-order valence-electron chi connectivity index (χ3n) is 5.48. The van der Waals surface area contributed by atoms with Crippen LogP contribution in [0.1, 0.15) is 30.5 Å². The van der Waals surface area contributed by atoms with E-state index in [1.165, 1.54) is 0 Å². The lowest BCUT2D eigenvalue weighted by molar-refractivity contribution is -0.121. The molecule has 4 rings (SSSR count). The highest BCUT2D eigenvalue weighted by Crippen LogP contribution is 2.36. The molecule has 0 aliphatic carbocycles. The fourth-order valence-corrected chi connectivity index (χ4v) is 4.75. The molecule has 1 unspecified atom stereocenters. The number of pyridine rings is 1. The predicted octanol–water partition coefficient (Wildman–Crippen LogP) is 6.43. The number of aromatic nitrogens is 1.